The lowest BCUT2D eigenvalue weighted by atomic mass is 10.0. The normalized spacial score (nSPS) is 12.5. The quantitative estimate of drug-likeness (QED) is 0.205. The zero-order chi connectivity index (χ0) is 30.2. The molecule has 1 aliphatic rings. The number of furan rings is 1. The van der Waals surface area contributed by atoms with Crippen LogP contribution in [0.1, 0.15) is 0 Å². The van der Waals surface area contributed by atoms with E-state index in [4.69, 9.17) is 9.15 Å². The summed E-state index contributed by atoms with van der Waals surface area (Å²) in [5, 5.41) is 4.66. The lowest BCUT2D eigenvalue weighted by molar-refractivity contribution is 0.477. The maximum absolute atomic E-state index is 6.61. The maximum Gasteiger partial charge on any atom is 0.159 e. The van der Waals surface area contributed by atoms with E-state index in [9.17, 15) is 0 Å². The number of hydrogen-bond acceptors (Lipinski definition) is 3. The Morgan fingerprint density at radius 2 is 1.09 bits per heavy atom. The summed E-state index contributed by atoms with van der Waals surface area (Å²) in [6.45, 7) is 0. The van der Waals surface area contributed by atoms with Gasteiger partial charge >= 0.3 is 0 Å². The maximum atomic E-state index is 6.61. The van der Waals surface area contributed by atoms with Crippen LogP contribution >= 0.6 is 0 Å². The highest BCUT2D eigenvalue weighted by Gasteiger charge is 2.28. The Morgan fingerprint density at radius 3 is 2.02 bits per heavy atom. The Balaban J connectivity index is 1.15. The molecule has 46 heavy (non-hydrogen) atoms. The summed E-state index contributed by atoms with van der Waals surface area (Å²) in [6.07, 6.45) is 0. The molecule has 216 valence electrons. The molecule has 9 aromatic rings. The van der Waals surface area contributed by atoms with Crippen molar-refractivity contribution >= 4 is 60.8 Å². The van der Waals surface area contributed by atoms with Crippen LogP contribution in [0.5, 0.6) is 11.5 Å². The Morgan fingerprint density at radius 1 is 0.413 bits per heavy atom. The molecule has 0 aliphatic carbocycles. The fourth-order valence-corrected chi connectivity index (χ4v) is 7.11. The van der Waals surface area contributed by atoms with Crippen LogP contribution in [-0.2, 0) is 0 Å². The van der Waals surface area contributed by atoms with Crippen molar-refractivity contribution in [3.05, 3.63) is 158 Å². The first-order chi connectivity index (χ1) is 22.8. The largest absolute Gasteiger partial charge is 0.454 e. The molecule has 0 radical (unpaired) electrons. The van der Waals surface area contributed by atoms with Gasteiger partial charge in [0.2, 0.25) is 0 Å². The Hall–Kier alpha value is -6.26. The first-order valence-corrected chi connectivity index (χ1v) is 15.5. The van der Waals surface area contributed by atoms with Gasteiger partial charge in [-0.1, -0.05) is 91.0 Å². The molecule has 0 bridgehead atoms. The van der Waals surface area contributed by atoms with Gasteiger partial charge in [-0.2, -0.15) is 0 Å². The standard InChI is InChI=1S/C42H26N2O2/c1-2-11-29(12-3-1)43-34-16-6-4-13-30(34)33-25-27(21-23-35(33)43)28-22-24-37-41(26-28)45-40-20-9-7-17-36(40)44(37)38-18-10-15-32-31-14-5-8-19-39(31)46-42(32)38/h1-26H. The van der Waals surface area contributed by atoms with Gasteiger partial charge in [-0.15, -0.1) is 0 Å². The van der Waals surface area contributed by atoms with Gasteiger partial charge in [0.1, 0.15) is 5.58 Å². The van der Waals surface area contributed by atoms with E-state index >= 15 is 0 Å². The first kappa shape index (κ1) is 25.1. The van der Waals surface area contributed by atoms with E-state index in [0.29, 0.717) is 0 Å². The Labute approximate surface area is 264 Å². The number of para-hydroxylation sites is 6. The average Bonchev–Trinajstić information content (AvgIpc) is 3.66. The van der Waals surface area contributed by atoms with Crippen molar-refractivity contribution in [1.29, 1.82) is 0 Å². The van der Waals surface area contributed by atoms with Crippen LogP contribution in [0.25, 0.3) is 60.6 Å². The van der Waals surface area contributed by atoms with Crippen molar-refractivity contribution in [3.63, 3.8) is 0 Å². The Kier molecular flexibility index (Phi) is 5.25. The van der Waals surface area contributed by atoms with Gasteiger partial charge in [-0.25, -0.2) is 0 Å². The van der Waals surface area contributed by atoms with E-state index in [1.165, 1.54) is 21.8 Å². The van der Waals surface area contributed by atoms with Crippen molar-refractivity contribution in [2.75, 3.05) is 4.90 Å². The van der Waals surface area contributed by atoms with Crippen LogP contribution in [-0.4, -0.2) is 4.57 Å². The number of aromatic nitrogens is 1. The van der Waals surface area contributed by atoms with Crippen molar-refractivity contribution < 1.29 is 9.15 Å². The van der Waals surface area contributed by atoms with Gasteiger partial charge in [-0.3, -0.25) is 4.90 Å². The minimum Gasteiger partial charge on any atom is -0.454 e. The smallest absolute Gasteiger partial charge is 0.159 e. The molecule has 1 aliphatic heterocycles. The second-order valence-corrected chi connectivity index (χ2v) is 11.8. The molecule has 0 atom stereocenters. The molecule has 0 saturated heterocycles. The van der Waals surface area contributed by atoms with Gasteiger partial charge in [-0.05, 0) is 77.9 Å². The number of rotatable bonds is 3. The van der Waals surface area contributed by atoms with E-state index in [1.54, 1.807) is 0 Å². The van der Waals surface area contributed by atoms with E-state index in [1.807, 2.05) is 24.3 Å². The predicted octanol–water partition coefficient (Wildman–Crippen LogP) is 11.9. The summed E-state index contributed by atoms with van der Waals surface area (Å²) in [5.74, 6) is 1.61. The van der Waals surface area contributed by atoms with Gasteiger partial charge in [0, 0.05) is 27.2 Å². The molecular weight excluding hydrogens is 564 g/mol. The van der Waals surface area contributed by atoms with Crippen molar-refractivity contribution in [2.45, 2.75) is 0 Å². The lowest BCUT2D eigenvalue weighted by Crippen LogP contribution is -2.16. The third-order valence-electron chi connectivity index (χ3n) is 9.17. The number of fused-ring (bicyclic) bond motifs is 8. The highest BCUT2D eigenvalue weighted by atomic mass is 16.5. The zero-order valence-electron chi connectivity index (χ0n) is 24.7. The third kappa shape index (κ3) is 3.61. The molecular formula is C42H26N2O2. The number of ether oxygens (including phenoxy) is 1. The number of benzene rings is 7. The molecule has 2 aromatic heterocycles. The molecule has 10 rings (SSSR count). The summed E-state index contributed by atoms with van der Waals surface area (Å²) < 4.78 is 15.4. The minimum atomic E-state index is 0.802. The van der Waals surface area contributed by atoms with E-state index < -0.39 is 0 Å². The zero-order valence-corrected chi connectivity index (χ0v) is 24.7. The predicted molar refractivity (Wildman–Crippen MR) is 188 cm³/mol. The van der Waals surface area contributed by atoms with E-state index in [-0.39, 0.29) is 0 Å². The summed E-state index contributed by atoms with van der Waals surface area (Å²) in [7, 11) is 0. The number of anilines is 3. The molecule has 0 saturated carbocycles. The van der Waals surface area contributed by atoms with Crippen LogP contribution in [0.4, 0.5) is 17.1 Å². The Bertz CT molecular complexity index is 2630. The molecule has 0 fully saturated rings. The summed E-state index contributed by atoms with van der Waals surface area (Å²) in [6, 6.07) is 55.3. The van der Waals surface area contributed by atoms with E-state index in [0.717, 1.165) is 67.3 Å². The van der Waals surface area contributed by atoms with Crippen LogP contribution in [0.3, 0.4) is 0 Å². The molecule has 3 heterocycles. The van der Waals surface area contributed by atoms with Crippen LogP contribution in [0.15, 0.2) is 162 Å². The highest BCUT2D eigenvalue weighted by molar-refractivity contribution is 6.12. The lowest BCUT2D eigenvalue weighted by Gasteiger charge is -2.33. The third-order valence-corrected chi connectivity index (χ3v) is 9.17. The second-order valence-electron chi connectivity index (χ2n) is 11.8. The molecule has 7 aromatic carbocycles. The first-order valence-electron chi connectivity index (χ1n) is 15.5. The number of nitrogens with zero attached hydrogens (tertiary/aromatic N) is 2. The van der Waals surface area contributed by atoms with Gasteiger partial charge in [0.05, 0.1) is 28.1 Å². The summed E-state index contributed by atoms with van der Waals surface area (Å²) in [5.41, 5.74) is 10.4. The number of hydrogen-bond donors (Lipinski definition) is 0. The fraction of sp³-hybridized carbons (Fsp3) is 0. The highest BCUT2D eigenvalue weighted by Crippen LogP contribution is 2.53. The molecule has 4 heteroatoms. The molecule has 0 N–H and O–H groups in total. The van der Waals surface area contributed by atoms with Crippen LogP contribution < -0.4 is 9.64 Å². The minimum absolute atomic E-state index is 0.802. The van der Waals surface area contributed by atoms with Crippen molar-refractivity contribution in [1.82, 2.24) is 4.57 Å². The topological polar surface area (TPSA) is 30.5 Å². The SMILES string of the molecule is c1ccc(-n2c3ccccc3c3cc(-c4ccc5c(c4)Oc4ccccc4N5c4cccc5c4oc4ccccc45)ccc32)cc1. The molecule has 0 spiro atoms. The molecule has 0 unspecified atom stereocenters. The van der Waals surface area contributed by atoms with Gasteiger partial charge in [0.25, 0.3) is 0 Å². The average molecular weight is 591 g/mol. The monoisotopic (exact) mass is 590 g/mol. The van der Waals surface area contributed by atoms with E-state index in [2.05, 4.69) is 143 Å². The molecule has 0 amide bonds. The summed E-state index contributed by atoms with van der Waals surface area (Å²) >= 11 is 0. The van der Waals surface area contributed by atoms with Gasteiger partial charge in [0.15, 0.2) is 17.1 Å². The van der Waals surface area contributed by atoms with Crippen LogP contribution in [0.2, 0.25) is 0 Å². The second kappa shape index (κ2) is 9.62. The van der Waals surface area contributed by atoms with Crippen LogP contribution in [0, 0.1) is 0 Å². The fourth-order valence-electron chi connectivity index (χ4n) is 7.11. The summed E-state index contributed by atoms with van der Waals surface area (Å²) in [4.78, 5) is 2.26. The van der Waals surface area contributed by atoms with Crippen molar-refractivity contribution in [2.24, 2.45) is 0 Å². The van der Waals surface area contributed by atoms with Gasteiger partial charge < -0.3 is 13.7 Å². The molecule has 4 nitrogen and oxygen atoms in total. The van der Waals surface area contributed by atoms with Crippen molar-refractivity contribution in [3.8, 4) is 28.3 Å².